The fourth-order valence-corrected chi connectivity index (χ4v) is 5.25. The number of esters is 1. The fraction of sp³-hybridized carbons (Fsp3) is 0.115. The van der Waals surface area contributed by atoms with Crippen molar-refractivity contribution in [3.05, 3.63) is 94.9 Å². The molecule has 2 N–H and O–H groups in total. The number of aryl methyl sites for hydroxylation is 1. The molecule has 1 aromatic heterocycles. The van der Waals surface area contributed by atoms with E-state index in [-0.39, 0.29) is 32.8 Å². The highest BCUT2D eigenvalue weighted by Crippen LogP contribution is 2.32. The minimum absolute atomic E-state index is 0.116. The molecule has 8 nitrogen and oxygen atoms in total. The maximum atomic E-state index is 13.0. The van der Waals surface area contributed by atoms with Crippen LogP contribution < -0.4 is 10.0 Å². The van der Waals surface area contributed by atoms with Crippen LogP contribution in [0.3, 0.4) is 0 Å². The summed E-state index contributed by atoms with van der Waals surface area (Å²) in [6.07, 6.45) is 0. The summed E-state index contributed by atoms with van der Waals surface area (Å²) < 4.78 is 33.1. The Morgan fingerprint density at radius 1 is 0.972 bits per heavy atom. The first-order valence-electron chi connectivity index (χ1n) is 11.0. The van der Waals surface area contributed by atoms with Crippen molar-refractivity contribution in [2.45, 2.75) is 18.7 Å². The van der Waals surface area contributed by atoms with Gasteiger partial charge in [-0.15, -0.1) is 0 Å². The summed E-state index contributed by atoms with van der Waals surface area (Å²) in [6, 6.07) is 21.7. The zero-order valence-corrected chi connectivity index (χ0v) is 21.2. The number of amides is 1. The van der Waals surface area contributed by atoms with Gasteiger partial charge in [0.1, 0.15) is 4.88 Å². The first-order valence-corrected chi connectivity index (χ1v) is 13.3. The molecule has 0 bridgehead atoms. The molecule has 10 heteroatoms. The number of thiazole rings is 1. The van der Waals surface area contributed by atoms with Crippen LogP contribution in [0.2, 0.25) is 0 Å². The third-order valence-electron chi connectivity index (χ3n) is 5.06. The number of rotatable bonds is 8. The normalized spacial score (nSPS) is 11.1. The van der Waals surface area contributed by atoms with E-state index in [0.29, 0.717) is 11.3 Å². The van der Waals surface area contributed by atoms with E-state index in [1.165, 1.54) is 18.2 Å². The highest BCUT2D eigenvalue weighted by molar-refractivity contribution is 7.92. The average molecular weight is 522 g/mol. The van der Waals surface area contributed by atoms with E-state index in [2.05, 4.69) is 15.0 Å². The van der Waals surface area contributed by atoms with Crippen LogP contribution in [0.1, 0.15) is 32.5 Å². The van der Waals surface area contributed by atoms with Gasteiger partial charge in [-0.1, -0.05) is 65.4 Å². The van der Waals surface area contributed by atoms with Gasteiger partial charge in [-0.25, -0.2) is 18.2 Å². The van der Waals surface area contributed by atoms with E-state index in [1.54, 1.807) is 37.3 Å². The second kappa shape index (κ2) is 10.7. The fourth-order valence-electron chi connectivity index (χ4n) is 3.32. The Labute approximate surface area is 213 Å². The Bertz CT molecular complexity index is 1500. The van der Waals surface area contributed by atoms with Gasteiger partial charge >= 0.3 is 5.97 Å². The smallest absolute Gasteiger partial charge is 0.350 e. The van der Waals surface area contributed by atoms with E-state index in [0.717, 1.165) is 16.9 Å². The lowest BCUT2D eigenvalue weighted by Gasteiger charge is -2.10. The predicted octanol–water partition coefficient (Wildman–Crippen LogP) is 5.35. The number of sulfonamides is 1. The lowest BCUT2D eigenvalue weighted by molar-refractivity contribution is 0.0532. The van der Waals surface area contributed by atoms with E-state index >= 15 is 0 Å². The van der Waals surface area contributed by atoms with Crippen LogP contribution in [-0.4, -0.2) is 31.9 Å². The molecule has 36 heavy (non-hydrogen) atoms. The number of hydrogen-bond donors (Lipinski definition) is 2. The molecule has 0 aliphatic carbocycles. The minimum Gasteiger partial charge on any atom is -0.462 e. The van der Waals surface area contributed by atoms with Gasteiger partial charge in [0, 0.05) is 16.8 Å². The number of aromatic nitrogens is 1. The Balaban J connectivity index is 1.56. The molecule has 3 aromatic carbocycles. The number of benzene rings is 3. The van der Waals surface area contributed by atoms with Gasteiger partial charge < -0.3 is 4.74 Å². The molecule has 0 fully saturated rings. The molecule has 0 aliphatic rings. The van der Waals surface area contributed by atoms with Crippen molar-refractivity contribution in [3.8, 4) is 11.3 Å². The molecule has 0 radical (unpaired) electrons. The van der Waals surface area contributed by atoms with Crippen LogP contribution >= 0.6 is 11.3 Å². The van der Waals surface area contributed by atoms with E-state index < -0.39 is 21.9 Å². The van der Waals surface area contributed by atoms with Gasteiger partial charge in [-0.05, 0) is 44.2 Å². The molecule has 4 aromatic rings. The topological polar surface area (TPSA) is 114 Å². The summed E-state index contributed by atoms with van der Waals surface area (Å²) in [5.74, 6) is -1.03. The van der Waals surface area contributed by atoms with Gasteiger partial charge in [-0.2, -0.15) is 0 Å². The first kappa shape index (κ1) is 25.1. The highest BCUT2D eigenvalue weighted by atomic mass is 32.2. The molecular formula is C26H23N3O5S2. The van der Waals surface area contributed by atoms with Crippen molar-refractivity contribution in [3.63, 3.8) is 0 Å². The van der Waals surface area contributed by atoms with Crippen molar-refractivity contribution in [2.24, 2.45) is 0 Å². The maximum Gasteiger partial charge on any atom is 0.350 e. The molecule has 1 heterocycles. The zero-order chi connectivity index (χ0) is 25.7. The summed E-state index contributed by atoms with van der Waals surface area (Å²) in [7, 11) is -3.82. The largest absolute Gasteiger partial charge is 0.462 e. The van der Waals surface area contributed by atoms with Crippen molar-refractivity contribution in [1.29, 1.82) is 0 Å². The quantitative estimate of drug-likeness (QED) is 0.302. The number of hydrogen-bond acceptors (Lipinski definition) is 7. The van der Waals surface area contributed by atoms with Crippen LogP contribution in [-0.2, 0) is 14.8 Å². The van der Waals surface area contributed by atoms with Gasteiger partial charge in [0.2, 0.25) is 0 Å². The first-order chi connectivity index (χ1) is 17.3. The number of ether oxygens (including phenoxy) is 1. The van der Waals surface area contributed by atoms with Crippen LogP contribution in [0.15, 0.2) is 83.8 Å². The second-order valence-electron chi connectivity index (χ2n) is 7.74. The lowest BCUT2D eigenvalue weighted by atomic mass is 10.1. The van der Waals surface area contributed by atoms with Crippen LogP contribution in [0.5, 0.6) is 0 Å². The maximum absolute atomic E-state index is 13.0. The Morgan fingerprint density at radius 2 is 1.69 bits per heavy atom. The summed E-state index contributed by atoms with van der Waals surface area (Å²) in [6.45, 7) is 3.79. The third-order valence-corrected chi connectivity index (χ3v) is 7.41. The van der Waals surface area contributed by atoms with Gasteiger partial charge in [-0.3, -0.25) is 14.8 Å². The zero-order valence-electron chi connectivity index (χ0n) is 19.5. The monoisotopic (exact) mass is 521 g/mol. The molecule has 0 saturated carbocycles. The van der Waals surface area contributed by atoms with Crippen molar-refractivity contribution in [2.75, 3.05) is 16.6 Å². The molecule has 0 aliphatic heterocycles. The molecule has 184 valence electrons. The minimum atomic E-state index is -3.82. The number of carbonyl (C=O) groups is 2. The van der Waals surface area contributed by atoms with Crippen LogP contribution in [0.4, 0.5) is 10.8 Å². The highest BCUT2D eigenvalue weighted by Gasteiger charge is 2.22. The van der Waals surface area contributed by atoms with E-state index in [4.69, 9.17) is 4.74 Å². The third kappa shape index (κ3) is 5.78. The van der Waals surface area contributed by atoms with Gasteiger partial charge in [0.25, 0.3) is 15.9 Å². The summed E-state index contributed by atoms with van der Waals surface area (Å²) in [5, 5.41) is 2.91. The van der Waals surface area contributed by atoms with Crippen LogP contribution in [0.25, 0.3) is 11.3 Å². The van der Waals surface area contributed by atoms with Crippen molar-refractivity contribution >= 4 is 44.1 Å². The number of nitrogens with one attached hydrogen (secondary N) is 2. The predicted molar refractivity (Wildman–Crippen MR) is 140 cm³/mol. The molecule has 0 saturated heterocycles. The molecule has 0 spiro atoms. The molecule has 4 rings (SSSR count). The average Bonchev–Trinajstić information content (AvgIpc) is 3.29. The van der Waals surface area contributed by atoms with Crippen molar-refractivity contribution < 1.29 is 22.7 Å². The number of nitrogens with zero attached hydrogens (tertiary/aromatic N) is 1. The summed E-state index contributed by atoms with van der Waals surface area (Å²) >= 11 is 1.01. The molecule has 0 atom stereocenters. The Kier molecular flexibility index (Phi) is 7.47. The molecule has 0 unspecified atom stereocenters. The lowest BCUT2D eigenvalue weighted by Crippen LogP contribution is -2.15. The van der Waals surface area contributed by atoms with Crippen molar-refractivity contribution in [1.82, 2.24) is 4.98 Å². The molecule has 1 amide bonds. The number of carbonyl (C=O) groups excluding carboxylic acids is 2. The number of anilines is 2. The molecular weight excluding hydrogens is 498 g/mol. The van der Waals surface area contributed by atoms with E-state index in [9.17, 15) is 18.0 Å². The van der Waals surface area contributed by atoms with Crippen LogP contribution in [0, 0.1) is 6.92 Å². The second-order valence-corrected chi connectivity index (χ2v) is 10.4. The Hall–Kier alpha value is -4.02. The van der Waals surface area contributed by atoms with Gasteiger partial charge in [0.15, 0.2) is 5.13 Å². The SMILES string of the molecule is CCOC(=O)c1sc(NC(=O)c2cccc(NS(=O)(=O)c3ccc(C)cc3)c2)nc1-c1ccccc1. The van der Waals surface area contributed by atoms with E-state index in [1.807, 2.05) is 37.3 Å². The summed E-state index contributed by atoms with van der Waals surface area (Å²) in [5.41, 5.74) is 2.52. The standard InChI is InChI=1S/C26H23N3O5S2/c1-3-34-25(31)23-22(18-8-5-4-6-9-18)27-26(35-23)28-24(30)19-10-7-11-20(16-19)29-36(32,33)21-14-12-17(2)13-15-21/h4-16,29H,3H2,1-2H3,(H,27,28,30). The summed E-state index contributed by atoms with van der Waals surface area (Å²) in [4.78, 5) is 30.3. The Morgan fingerprint density at radius 3 is 2.39 bits per heavy atom. The van der Waals surface area contributed by atoms with Gasteiger partial charge in [0.05, 0.1) is 17.2 Å².